The Labute approximate surface area is 98.4 Å². The quantitative estimate of drug-likeness (QED) is 0.733. The van der Waals surface area contributed by atoms with Crippen molar-refractivity contribution in [3.8, 4) is 6.07 Å². The first kappa shape index (κ1) is 13.0. The molecule has 0 bridgehead atoms. The van der Waals surface area contributed by atoms with E-state index in [1.54, 1.807) is 4.90 Å². The van der Waals surface area contributed by atoms with Gasteiger partial charge >= 0.3 is 0 Å². The molecule has 1 amide bonds. The Kier molecular flexibility index (Phi) is 3.96. The number of hydrogen-bond donors (Lipinski definition) is 0. The van der Waals surface area contributed by atoms with E-state index in [-0.39, 0.29) is 11.9 Å². The van der Waals surface area contributed by atoms with Crippen LogP contribution in [0.25, 0.3) is 0 Å². The van der Waals surface area contributed by atoms with Gasteiger partial charge in [0.2, 0.25) is 5.91 Å². The van der Waals surface area contributed by atoms with Crippen LogP contribution in [-0.2, 0) is 4.79 Å². The molecule has 1 saturated carbocycles. The third-order valence-electron chi connectivity index (χ3n) is 3.62. The third-order valence-corrected chi connectivity index (χ3v) is 3.62. The molecule has 0 heterocycles. The molecule has 0 aromatic heterocycles. The van der Waals surface area contributed by atoms with Crippen LogP contribution in [-0.4, -0.2) is 23.9 Å². The Hall–Kier alpha value is -1.04. The fourth-order valence-corrected chi connectivity index (χ4v) is 2.28. The number of amides is 1. The highest BCUT2D eigenvalue weighted by Gasteiger charge is 2.46. The standard InChI is InChI=1S/C13H22N2O/c1-10(2)8-11(3)15(4)12(16)13(9-14)6-5-7-13/h10-11H,5-8H2,1-4H3. The van der Waals surface area contributed by atoms with Gasteiger partial charge < -0.3 is 4.90 Å². The second kappa shape index (κ2) is 4.86. The van der Waals surface area contributed by atoms with E-state index in [0.717, 1.165) is 25.7 Å². The summed E-state index contributed by atoms with van der Waals surface area (Å²) in [6.45, 7) is 6.36. The van der Waals surface area contributed by atoms with Gasteiger partial charge in [-0.15, -0.1) is 0 Å². The maximum Gasteiger partial charge on any atom is 0.243 e. The lowest BCUT2D eigenvalue weighted by Crippen LogP contribution is -2.48. The van der Waals surface area contributed by atoms with Crippen molar-refractivity contribution in [2.24, 2.45) is 11.3 Å². The molecule has 1 unspecified atom stereocenters. The number of hydrogen-bond acceptors (Lipinski definition) is 2. The zero-order valence-electron chi connectivity index (χ0n) is 10.8. The minimum absolute atomic E-state index is 0.0226. The van der Waals surface area contributed by atoms with E-state index in [0.29, 0.717) is 5.92 Å². The van der Waals surface area contributed by atoms with Crippen LogP contribution >= 0.6 is 0 Å². The minimum atomic E-state index is -0.694. The number of nitrogens with zero attached hydrogens (tertiary/aromatic N) is 2. The van der Waals surface area contributed by atoms with Gasteiger partial charge in [0, 0.05) is 13.1 Å². The Bertz CT molecular complexity index is 300. The highest BCUT2D eigenvalue weighted by Crippen LogP contribution is 2.42. The zero-order valence-corrected chi connectivity index (χ0v) is 10.8. The van der Waals surface area contributed by atoms with Crippen molar-refractivity contribution in [1.82, 2.24) is 4.90 Å². The molecule has 3 heteroatoms. The lowest BCUT2D eigenvalue weighted by molar-refractivity contribution is -0.143. The molecule has 1 rings (SSSR count). The van der Waals surface area contributed by atoms with Gasteiger partial charge in [0.1, 0.15) is 5.41 Å². The second-order valence-corrected chi connectivity index (χ2v) is 5.44. The molecule has 1 atom stereocenters. The van der Waals surface area contributed by atoms with Crippen molar-refractivity contribution in [3.05, 3.63) is 0 Å². The van der Waals surface area contributed by atoms with E-state index in [9.17, 15) is 4.79 Å². The number of rotatable bonds is 4. The van der Waals surface area contributed by atoms with Gasteiger partial charge in [-0.2, -0.15) is 5.26 Å². The fraction of sp³-hybridized carbons (Fsp3) is 0.846. The van der Waals surface area contributed by atoms with Crippen molar-refractivity contribution < 1.29 is 4.79 Å². The molecular weight excluding hydrogens is 200 g/mol. The summed E-state index contributed by atoms with van der Waals surface area (Å²) in [5.41, 5.74) is -0.694. The largest absolute Gasteiger partial charge is 0.342 e. The van der Waals surface area contributed by atoms with Crippen molar-refractivity contribution in [3.63, 3.8) is 0 Å². The van der Waals surface area contributed by atoms with Crippen molar-refractivity contribution in [1.29, 1.82) is 5.26 Å². The first-order valence-electron chi connectivity index (χ1n) is 6.11. The van der Waals surface area contributed by atoms with Crippen LogP contribution in [0.15, 0.2) is 0 Å². The van der Waals surface area contributed by atoms with Crippen LogP contribution in [0.1, 0.15) is 46.5 Å². The van der Waals surface area contributed by atoms with Gasteiger partial charge in [-0.05, 0) is 38.5 Å². The first-order chi connectivity index (χ1) is 7.43. The van der Waals surface area contributed by atoms with Gasteiger partial charge in [-0.25, -0.2) is 0 Å². The molecule has 1 aliphatic rings. The second-order valence-electron chi connectivity index (χ2n) is 5.44. The summed E-state index contributed by atoms with van der Waals surface area (Å²) < 4.78 is 0. The Balaban J connectivity index is 2.63. The smallest absolute Gasteiger partial charge is 0.243 e. The van der Waals surface area contributed by atoms with Gasteiger partial charge in [0.05, 0.1) is 6.07 Å². The molecule has 0 saturated heterocycles. The number of carbonyl (C=O) groups is 1. The first-order valence-corrected chi connectivity index (χ1v) is 6.11. The molecule has 0 aliphatic heterocycles. The molecule has 1 aliphatic carbocycles. The highest BCUT2D eigenvalue weighted by atomic mass is 16.2. The molecule has 90 valence electrons. The van der Waals surface area contributed by atoms with E-state index in [2.05, 4.69) is 26.8 Å². The number of carbonyl (C=O) groups excluding carboxylic acids is 1. The molecule has 1 fully saturated rings. The highest BCUT2D eigenvalue weighted by molar-refractivity contribution is 5.86. The molecule has 3 nitrogen and oxygen atoms in total. The zero-order chi connectivity index (χ0) is 12.3. The van der Waals surface area contributed by atoms with Crippen molar-refractivity contribution in [2.75, 3.05) is 7.05 Å². The van der Waals surface area contributed by atoms with Crippen LogP contribution in [0.2, 0.25) is 0 Å². The summed E-state index contributed by atoms with van der Waals surface area (Å²) in [7, 11) is 1.83. The van der Waals surface area contributed by atoms with E-state index in [1.165, 1.54) is 0 Å². The average Bonchev–Trinajstić information content (AvgIpc) is 2.14. The molecule has 0 N–H and O–H groups in total. The summed E-state index contributed by atoms with van der Waals surface area (Å²) in [6, 6.07) is 2.43. The topological polar surface area (TPSA) is 44.1 Å². The van der Waals surface area contributed by atoms with Crippen molar-refractivity contribution >= 4 is 5.91 Å². The van der Waals surface area contributed by atoms with E-state index in [4.69, 9.17) is 5.26 Å². The maximum absolute atomic E-state index is 12.2. The van der Waals surface area contributed by atoms with Crippen LogP contribution < -0.4 is 0 Å². The maximum atomic E-state index is 12.2. The Morgan fingerprint density at radius 1 is 1.44 bits per heavy atom. The molecule has 16 heavy (non-hydrogen) atoms. The molecule has 0 aromatic rings. The summed E-state index contributed by atoms with van der Waals surface area (Å²) in [4.78, 5) is 14.0. The van der Waals surface area contributed by atoms with Gasteiger partial charge in [0.15, 0.2) is 0 Å². The fourth-order valence-electron chi connectivity index (χ4n) is 2.28. The normalized spacial score (nSPS) is 19.8. The Morgan fingerprint density at radius 3 is 2.31 bits per heavy atom. The van der Waals surface area contributed by atoms with Crippen LogP contribution in [0, 0.1) is 22.7 Å². The van der Waals surface area contributed by atoms with Crippen LogP contribution in [0.4, 0.5) is 0 Å². The van der Waals surface area contributed by atoms with Crippen LogP contribution in [0.3, 0.4) is 0 Å². The van der Waals surface area contributed by atoms with Gasteiger partial charge in [0.25, 0.3) is 0 Å². The summed E-state index contributed by atoms with van der Waals surface area (Å²) in [5, 5.41) is 9.12. The molecular formula is C13H22N2O. The minimum Gasteiger partial charge on any atom is -0.342 e. The lowest BCUT2D eigenvalue weighted by Gasteiger charge is -2.39. The SMILES string of the molecule is CC(C)CC(C)N(C)C(=O)C1(C#N)CCC1. The molecule has 0 spiro atoms. The van der Waals surface area contributed by atoms with E-state index >= 15 is 0 Å². The van der Waals surface area contributed by atoms with Gasteiger partial charge in [-0.3, -0.25) is 4.79 Å². The average molecular weight is 222 g/mol. The lowest BCUT2D eigenvalue weighted by atomic mass is 9.69. The molecule has 0 radical (unpaired) electrons. The summed E-state index contributed by atoms with van der Waals surface area (Å²) in [5.74, 6) is 0.596. The Morgan fingerprint density at radius 2 is 2.00 bits per heavy atom. The van der Waals surface area contributed by atoms with Crippen molar-refractivity contribution in [2.45, 2.75) is 52.5 Å². The third kappa shape index (κ3) is 2.37. The van der Waals surface area contributed by atoms with Crippen LogP contribution in [0.5, 0.6) is 0 Å². The predicted octanol–water partition coefficient (Wildman–Crippen LogP) is 2.57. The van der Waals surface area contributed by atoms with E-state index < -0.39 is 5.41 Å². The van der Waals surface area contributed by atoms with E-state index in [1.807, 2.05) is 7.05 Å². The summed E-state index contributed by atoms with van der Waals surface area (Å²) >= 11 is 0. The molecule has 0 aromatic carbocycles. The van der Waals surface area contributed by atoms with Gasteiger partial charge in [-0.1, -0.05) is 13.8 Å². The monoisotopic (exact) mass is 222 g/mol. The summed E-state index contributed by atoms with van der Waals surface area (Å²) in [6.07, 6.45) is 3.47. The predicted molar refractivity (Wildman–Crippen MR) is 63.6 cm³/mol. The number of nitriles is 1.